The number of hydrogen-bond acceptors (Lipinski definition) is 18. The highest BCUT2D eigenvalue weighted by atomic mass is 79.9. The summed E-state index contributed by atoms with van der Waals surface area (Å²) < 4.78 is 25.3. The van der Waals surface area contributed by atoms with Crippen molar-refractivity contribution in [3.63, 3.8) is 0 Å². The summed E-state index contributed by atoms with van der Waals surface area (Å²) in [5.74, 6) is -0.166. The van der Waals surface area contributed by atoms with Gasteiger partial charge in [-0.05, 0) is 280 Å². The first-order chi connectivity index (χ1) is 66.3. The van der Waals surface area contributed by atoms with Gasteiger partial charge in [0.25, 0.3) is 5.69 Å². The molecule has 12 aromatic carbocycles. The minimum atomic E-state index is -1.10. The van der Waals surface area contributed by atoms with Crippen molar-refractivity contribution in [1.29, 1.82) is 5.26 Å². The van der Waals surface area contributed by atoms with E-state index in [1.54, 1.807) is 75.6 Å². The molecule has 22 aromatic rings. The summed E-state index contributed by atoms with van der Waals surface area (Å²) in [6.45, 7) is 21.8. The van der Waals surface area contributed by atoms with Gasteiger partial charge < -0.3 is 15.2 Å². The number of aryl methyl sites for hydroxylation is 6. The first kappa shape index (κ1) is 103. The van der Waals surface area contributed by atoms with Crippen molar-refractivity contribution in [3.8, 4) is 32.0 Å². The van der Waals surface area contributed by atoms with Crippen LogP contribution >= 0.6 is 129 Å². The Morgan fingerprint density at radius 3 is 1.59 bits per heavy atom. The lowest BCUT2D eigenvalue weighted by molar-refractivity contribution is -0.384. The van der Waals surface area contributed by atoms with Crippen LogP contribution in [0.2, 0.25) is 19.6 Å². The lowest BCUT2D eigenvalue weighted by Crippen LogP contribution is -2.34. The van der Waals surface area contributed by atoms with E-state index in [0.717, 1.165) is 40.4 Å². The quantitative estimate of drug-likeness (QED) is 0.0251. The lowest BCUT2D eigenvalue weighted by atomic mass is 10.1. The van der Waals surface area contributed by atoms with E-state index in [-0.39, 0.29) is 17.4 Å². The number of non-ortho nitro benzene ring substituents is 1. The molecule has 696 valence electrons. The smallest absolute Gasteiger partial charge is 0.337 e. The number of benzene rings is 12. The number of fused-ring (bicyclic) bond motifs is 10. The Morgan fingerprint density at radius 1 is 0.431 bits per heavy atom. The molecule has 0 unspecified atom stereocenters. The third-order valence-electron chi connectivity index (χ3n) is 22.4. The molecule has 21 heteroatoms. The Balaban J connectivity index is 0.000000129. The van der Waals surface area contributed by atoms with E-state index in [9.17, 15) is 19.7 Å². The molecule has 0 radical (unpaired) electrons. The van der Waals surface area contributed by atoms with Gasteiger partial charge in [0.2, 0.25) is 0 Å². The number of nitrogens with zero attached hydrogens (tertiary/aromatic N) is 2. The number of nitrogens with two attached hydrogens (primary N) is 1. The van der Waals surface area contributed by atoms with Crippen LogP contribution in [-0.4, -0.2) is 39.0 Å². The van der Waals surface area contributed by atoms with Crippen LogP contribution in [0.5, 0.6) is 5.06 Å². The molecule has 0 aliphatic rings. The summed E-state index contributed by atoms with van der Waals surface area (Å²) in [7, 11) is 1.91. The molecule has 0 aliphatic heterocycles. The molecule has 0 atom stereocenters. The van der Waals surface area contributed by atoms with Crippen molar-refractivity contribution in [2.75, 3.05) is 20.0 Å². The second-order valence-electron chi connectivity index (χ2n) is 33.8. The number of nitriles is 1. The average molecular weight is 2070 g/mol. The highest BCUT2D eigenvalue weighted by molar-refractivity contribution is 9.10. The monoisotopic (exact) mass is 2070 g/mol. The second-order valence-corrected chi connectivity index (χ2v) is 51.1. The van der Waals surface area contributed by atoms with E-state index < -0.39 is 13.0 Å². The second kappa shape index (κ2) is 50.8. The van der Waals surface area contributed by atoms with Crippen molar-refractivity contribution < 1.29 is 24.0 Å². The van der Waals surface area contributed by atoms with Crippen LogP contribution in [-0.2, 0) is 11.2 Å². The standard InChI is InChI=1S/C18H25BrS.C15H12S.C14H10S.C11H9NS.C11H10O3S.C11H14SSi.C10H8OS.C10H10S.C8H6N2O2S.C8H6S/c1-2-3-4-5-6-7-8-9-10-17-13-15-11-12-16(19)14-18(15)20-17;1-11-6-2-4-8-13(11)15-10-12-7-3-5-9-14(12)16-15;1-2-6-11(7-3-1)14-10-12-8-4-5-9-13(12)15-14;1-7-3-9-5-10(6-12)13-11(9)4-8(7)2;1-13-10-6-7-3-4-8(11(12)14-2)5-9(7)15-10;1-13(2,3)11-8-9-6-4-5-7-10(9)12-11;1-7(11)10-6-8-4-2-3-5-9(8)12-10;1-7-4-3-5-10-9(7)6-8(2)11-10;9-8-4-5-3-6(10(11)12)1-2-7(5)13-8;1-2-4-8-7(3-1)5-6-9-8/h11-14H,2-10H2,1H3;2-10H,1H3;1-10H;3-5H,1-2H3;3-6H,1-2H3;4-8H,1-3H3;2-6H,1H3;3-6H,1-2H3;1-4H,9H2;1-6H. The number of halogens is 1. The maximum Gasteiger partial charge on any atom is 0.337 e. The van der Waals surface area contributed by atoms with Gasteiger partial charge in [0, 0.05) is 88.5 Å². The fourth-order valence-corrected chi connectivity index (χ4v) is 27.2. The Morgan fingerprint density at radius 2 is 0.971 bits per heavy atom. The third-order valence-corrected chi connectivity index (χ3v) is 37.2. The number of carbonyl (C=O) groups is 2. The molecule has 0 bridgehead atoms. The molecule has 2 N–H and O–H groups in total. The number of esters is 1. The number of nitro groups is 1. The number of ether oxygens (including phenoxy) is 2. The van der Waals surface area contributed by atoms with Crippen molar-refractivity contribution in [3.05, 3.63) is 389 Å². The maximum atomic E-state index is 11.3. The summed E-state index contributed by atoms with van der Waals surface area (Å²) in [5.41, 5.74) is 14.2. The number of carbonyl (C=O) groups excluding carboxylic acids is 2. The van der Waals surface area contributed by atoms with Gasteiger partial charge in [-0.3, -0.25) is 14.9 Å². The largest absolute Gasteiger partial charge is 0.487 e. The number of Topliss-reactive ketones (excluding diaryl/α,β-unsaturated/α-hetero) is 1. The highest BCUT2D eigenvalue weighted by Crippen LogP contribution is 2.39. The Labute approximate surface area is 852 Å². The summed E-state index contributed by atoms with van der Waals surface area (Å²) in [5, 5.41) is 35.3. The molecule has 10 heterocycles. The summed E-state index contributed by atoms with van der Waals surface area (Å²) in [4.78, 5) is 39.6. The maximum absolute atomic E-state index is 11.3. The van der Waals surface area contributed by atoms with Crippen molar-refractivity contribution in [2.24, 2.45) is 0 Å². The first-order valence-electron chi connectivity index (χ1n) is 45.4. The van der Waals surface area contributed by atoms with E-state index in [2.05, 4.69) is 330 Å². The van der Waals surface area contributed by atoms with Crippen molar-refractivity contribution in [2.45, 2.75) is 126 Å². The van der Waals surface area contributed by atoms with Gasteiger partial charge in [0.05, 0.1) is 42.7 Å². The van der Waals surface area contributed by atoms with Gasteiger partial charge in [-0.15, -0.1) is 102 Å². The van der Waals surface area contributed by atoms with Crippen LogP contribution in [0.1, 0.15) is 122 Å². The normalized spacial score (nSPS) is 10.8. The molecule has 137 heavy (non-hydrogen) atoms. The zero-order chi connectivity index (χ0) is 96.9. The molecule has 0 fully saturated rings. The Kier molecular flexibility index (Phi) is 38.1. The Hall–Kier alpha value is -11.4. The number of nitro benzene ring substituents is 1. The van der Waals surface area contributed by atoms with E-state index >= 15 is 0 Å². The minimum absolute atomic E-state index is 0.102. The summed E-state index contributed by atoms with van der Waals surface area (Å²) >= 11 is 20.9. The van der Waals surface area contributed by atoms with Crippen LogP contribution in [0.25, 0.3) is 122 Å². The van der Waals surface area contributed by atoms with Gasteiger partial charge in [0.1, 0.15) is 10.9 Å². The molecule has 9 nitrogen and oxygen atoms in total. The number of unbranched alkanes of at least 4 members (excludes halogenated alkanes) is 7. The van der Waals surface area contributed by atoms with Gasteiger partial charge in [0.15, 0.2) is 10.8 Å². The highest BCUT2D eigenvalue weighted by Gasteiger charge is 2.20. The number of hydrogen-bond donors (Lipinski definition) is 1. The van der Waals surface area contributed by atoms with E-state index in [0.29, 0.717) is 10.6 Å². The molecule has 0 aliphatic carbocycles. The topological polar surface area (TPSA) is 146 Å². The fourth-order valence-electron chi connectivity index (χ4n) is 14.9. The number of methoxy groups -OCH3 is 2. The summed E-state index contributed by atoms with van der Waals surface area (Å²) in [6.07, 6.45) is 12.5. The summed E-state index contributed by atoms with van der Waals surface area (Å²) in [6, 6.07) is 112. The molecule has 0 spiro atoms. The van der Waals surface area contributed by atoms with Crippen LogP contribution in [0.3, 0.4) is 0 Å². The fraction of sp³-hybridized carbons (Fsp3) is 0.181. The van der Waals surface area contributed by atoms with Gasteiger partial charge in [-0.1, -0.05) is 275 Å². The number of anilines is 1. The molecule has 10 aromatic heterocycles. The van der Waals surface area contributed by atoms with Gasteiger partial charge >= 0.3 is 5.97 Å². The zero-order valence-corrected chi connectivity index (χ0v) is 89.7. The zero-order valence-electron chi connectivity index (χ0n) is 78.9. The molecule has 0 saturated carbocycles. The van der Waals surface area contributed by atoms with Crippen LogP contribution in [0.15, 0.2) is 331 Å². The van der Waals surface area contributed by atoms with E-state index in [1.807, 2.05) is 111 Å². The number of nitrogen functional groups attached to an aromatic ring is 1. The molecular formula is C116H110BrN3O6S10Si. The predicted molar refractivity (Wildman–Crippen MR) is 613 cm³/mol. The Bertz CT molecular complexity index is 7600. The molecular weight excluding hydrogens is 1960 g/mol. The molecule has 0 amide bonds. The minimum Gasteiger partial charge on any atom is -0.487 e. The lowest BCUT2D eigenvalue weighted by Gasteiger charge is -2.11. The number of rotatable bonds is 16. The van der Waals surface area contributed by atoms with E-state index in [4.69, 9.17) is 15.7 Å². The van der Waals surface area contributed by atoms with Crippen molar-refractivity contribution in [1.82, 2.24) is 0 Å². The number of thiophene rings is 10. The van der Waals surface area contributed by atoms with Crippen LogP contribution in [0, 0.1) is 56.1 Å². The van der Waals surface area contributed by atoms with Crippen LogP contribution in [0.4, 0.5) is 10.7 Å². The van der Waals surface area contributed by atoms with Gasteiger partial charge in [-0.25, -0.2) is 4.79 Å². The first-order valence-corrected chi connectivity index (χ1v) is 57.9. The predicted octanol–water partition coefficient (Wildman–Crippen LogP) is 38.2. The van der Waals surface area contributed by atoms with Crippen molar-refractivity contribution >= 4 is 265 Å². The molecule has 0 saturated heterocycles. The van der Waals surface area contributed by atoms with Gasteiger partial charge in [-0.2, -0.15) is 5.26 Å². The third kappa shape index (κ3) is 29.6. The SMILES string of the molecule is CC(=O)c1cc2ccccc2s1.CCCCCCCCCCc1cc2ccc(Br)cc2s1.COC(=O)c1ccc2cc(OC)sc2c1.C[Si](C)(C)c1cc2ccccc2s1.Cc1cc2c(C)cccc2s1.Cc1cc2cc(C#N)sc2cc1C.Cc1ccccc1-c1cc2ccccc2s1.Nc1cc2cc([N+](=O)[O-])ccc2s1.c1ccc(-c2cc3ccccc3s2)cc1.c1ccc2sccc2c1. The molecule has 22 rings (SSSR count). The van der Waals surface area contributed by atoms with E-state index in [1.165, 1.54) is 227 Å². The number of ketones is 1. The van der Waals surface area contributed by atoms with Crippen LogP contribution < -0.4 is 15.0 Å². The average Bonchev–Trinajstić information content (AvgIpc) is 1.66.